The maximum Gasteiger partial charge on any atom is 0.221 e. The molecule has 0 saturated heterocycles. The van der Waals surface area contributed by atoms with Gasteiger partial charge in [0.1, 0.15) is 0 Å². The molecular formula is C18H25N3OS. The van der Waals surface area contributed by atoms with Crippen LogP contribution < -0.4 is 5.32 Å². The first-order valence-electron chi connectivity index (χ1n) is 7.94. The zero-order valence-corrected chi connectivity index (χ0v) is 15.3. The first-order chi connectivity index (χ1) is 10.9. The van der Waals surface area contributed by atoms with Crippen molar-refractivity contribution in [1.82, 2.24) is 9.88 Å². The lowest BCUT2D eigenvalue weighted by atomic mass is 10.1. The van der Waals surface area contributed by atoms with Crippen molar-refractivity contribution in [2.45, 2.75) is 46.7 Å². The van der Waals surface area contributed by atoms with Crippen LogP contribution in [-0.4, -0.2) is 22.8 Å². The van der Waals surface area contributed by atoms with E-state index in [1.807, 2.05) is 18.2 Å². The Balaban J connectivity index is 2.16. The number of carbonyl (C=O) groups is 1. The number of aryl methyl sites for hydroxylation is 2. The number of hydrogen-bond acceptors (Lipinski definition) is 4. The summed E-state index contributed by atoms with van der Waals surface area (Å²) in [6.45, 7) is 8.74. The van der Waals surface area contributed by atoms with E-state index in [0.29, 0.717) is 0 Å². The molecule has 2 rings (SSSR count). The summed E-state index contributed by atoms with van der Waals surface area (Å²) in [6, 6.07) is 8.25. The van der Waals surface area contributed by atoms with Crippen LogP contribution in [0.1, 0.15) is 48.0 Å². The summed E-state index contributed by atoms with van der Waals surface area (Å²) in [7, 11) is 2.11. The zero-order chi connectivity index (χ0) is 17.0. The summed E-state index contributed by atoms with van der Waals surface area (Å²) in [5.74, 6) is -0.0426. The van der Waals surface area contributed by atoms with Crippen LogP contribution in [0.4, 0.5) is 5.69 Å². The van der Waals surface area contributed by atoms with Gasteiger partial charge in [-0.05, 0) is 38.9 Å². The van der Waals surface area contributed by atoms with Crippen LogP contribution in [0, 0.1) is 6.92 Å². The maximum absolute atomic E-state index is 11.4. The average molecular weight is 331 g/mol. The lowest BCUT2D eigenvalue weighted by Crippen LogP contribution is -2.22. The van der Waals surface area contributed by atoms with Crippen LogP contribution in [0.15, 0.2) is 24.3 Å². The number of rotatable bonds is 6. The van der Waals surface area contributed by atoms with E-state index in [2.05, 4.69) is 49.1 Å². The Morgan fingerprint density at radius 2 is 2.09 bits per heavy atom. The van der Waals surface area contributed by atoms with Gasteiger partial charge in [-0.1, -0.05) is 25.1 Å². The van der Waals surface area contributed by atoms with Crippen molar-refractivity contribution in [1.29, 1.82) is 0 Å². The Kier molecular flexibility index (Phi) is 5.91. The summed E-state index contributed by atoms with van der Waals surface area (Å²) in [5.41, 5.74) is 3.13. The van der Waals surface area contributed by atoms with Crippen molar-refractivity contribution >= 4 is 22.9 Å². The number of para-hydroxylation sites is 1. The quantitative estimate of drug-likeness (QED) is 0.864. The van der Waals surface area contributed by atoms with Crippen LogP contribution in [0.25, 0.3) is 0 Å². The minimum Gasteiger partial charge on any atom is -0.326 e. The van der Waals surface area contributed by atoms with Gasteiger partial charge in [0.15, 0.2) is 0 Å². The van der Waals surface area contributed by atoms with Gasteiger partial charge in [-0.15, -0.1) is 11.3 Å². The summed E-state index contributed by atoms with van der Waals surface area (Å²) in [5, 5.41) is 4.10. The molecule has 1 unspecified atom stereocenters. The van der Waals surface area contributed by atoms with Crippen LogP contribution in [-0.2, 0) is 17.8 Å². The molecule has 0 fully saturated rings. The zero-order valence-electron chi connectivity index (χ0n) is 14.5. The van der Waals surface area contributed by atoms with E-state index in [0.717, 1.165) is 29.9 Å². The van der Waals surface area contributed by atoms with Gasteiger partial charge in [-0.2, -0.15) is 0 Å². The number of nitrogens with zero attached hydrogens (tertiary/aromatic N) is 2. The van der Waals surface area contributed by atoms with Crippen molar-refractivity contribution in [3.63, 3.8) is 0 Å². The van der Waals surface area contributed by atoms with E-state index < -0.39 is 0 Å². The fourth-order valence-electron chi connectivity index (χ4n) is 2.58. The van der Waals surface area contributed by atoms with Gasteiger partial charge in [-0.3, -0.25) is 9.69 Å². The molecule has 1 aromatic heterocycles. The highest BCUT2D eigenvalue weighted by atomic mass is 32.1. The molecule has 1 heterocycles. The molecule has 0 spiro atoms. The lowest BCUT2D eigenvalue weighted by Gasteiger charge is -2.25. The molecule has 1 atom stereocenters. The maximum atomic E-state index is 11.4. The van der Waals surface area contributed by atoms with E-state index in [1.165, 1.54) is 16.8 Å². The molecular weight excluding hydrogens is 306 g/mol. The molecule has 0 aliphatic heterocycles. The topological polar surface area (TPSA) is 45.2 Å². The summed E-state index contributed by atoms with van der Waals surface area (Å²) < 4.78 is 0. The normalized spacial score (nSPS) is 12.4. The van der Waals surface area contributed by atoms with Crippen molar-refractivity contribution in [3.8, 4) is 0 Å². The lowest BCUT2D eigenvalue weighted by molar-refractivity contribution is -0.114. The van der Waals surface area contributed by atoms with Gasteiger partial charge >= 0.3 is 0 Å². The van der Waals surface area contributed by atoms with Crippen LogP contribution in [0.5, 0.6) is 0 Å². The number of amides is 1. The highest BCUT2D eigenvalue weighted by Crippen LogP contribution is 2.30. The molecule has 124 valence electrons. The molecule has 0 bridgehead atoms. The molecule has 1 N–H and O–H groups in total. The van der Waals surface area contributed by atoms with Crippen molar-refractivity contribution in [2.24, 2.45) is 0 Å². The Morgan fingerprint density at radius 3 is 2.70 bits per heavy atom. The van der Waals surface area contributed by atoms with Gasteiger partial charge in [0, 0.05) is 30.1 Å². The van der Waals surface area contributed by atoms with Crippen molar-refractivity contribution < 1.29 is 4.79 Å². The van der Waals surface area contributed by atoms with Crippen LogP contribution >= 0.6 is 11.3 Å². The average Bonchev–Trinajstić information content (AvgIpc) is 2.89. The minimum atomic E-state index is -0.0426. The summed E-state index contributed by atoms with van der Waals surface area (Å²) in [4.78, 5) is 19.6. The molecule has 2 aromatic rings. The number of carbonyl (C=O) groups excluding carboxylic acids is 1. The number of thiazole rings is 1. The second-order valence-corrected chi connectivity index (χ2v) is 6.96. The van der Waals surface area contributed by atoms with E-state index >= 15 is 0 Å². The van der Waals surface area contributed by atoms with Crippen LogP contribution in [0.3, 0.4) is 0 Å². The first kappa shape index (κ1) is 17.6. The number of benzene rings is 1. The van der Waals surface area contributed by atoms with E-state index in [9.17, 15) is 4.79 Å². The number of hydrogen-bond donors (Lipinski definition) is 1. The Bertz CT molecular complexity index is 681. The first-order valence-corrected chi connectivity index (χ1v) is 8.76. The molecule has 0 saturated carbocycles. The smallest absolute Gasteiger partial charge is 0.221 e. The summed E-state index contributed by atoms with van der Waals surface area (Å²) in [6.07, 6.45) is 0.979. The number of anilines is 1. The highest BCUT2D eigenvalue weighted by molar-refractivity contribution is 7.11. The highest BCUT2D eigenvalue weighted by Gasteiger charge is 2.19. The Morgan fingerprint density at radius 1 is 1.39 bits per heavy atom. The third kappa shape index (κ3) is 4.39. The number of nitrogens with one attached hydrogen (secondary N) is 1. The van der Waals surface area contributed by atoms with E-state index in [4.69, 9.17) is 0 Å². The summed E-state index contributed by atoms with van der Waals surface area (Å²) >= 11 is 1.80. The monoisotopic (exact) mass is 331 g/mol. The second-order valence-electron chi connectivity index (χ2n) is 5.84. The Hall–Kier alpha value is -1.72. The SMILES string of the molecule is CCc1nc(C)c(C(C)N(C)Cc2ccccc2NC(C)=O)s1. The van der Waals surface area contributed by atoms with Gasteiger partial charge in [0.25, 0.3) is 0 Å². The molecule has 0 aliphatic rings. The third-order valence-corrected chi connectivity index (χ3v) is 5.44. The molecule has 1 amide bonds. The van der Waals surface area contributed by atoms with Crippen LogP contribution in [0.2, 0.25) is 0 Å². The van der Waals surface area contributed by atoms with Gasteiger partial charge < -0.3 is 5.32 Å². The number of aromatic nitrogens is 1. The predicted molar refractivity (Wildman–Crippen MR) is 96.9 cm³/mol. The largest absolute Gasteiger partial charge is 0.326 e. The van der Waals surface area contributed by atoms with Crippen molar-refractivity contribution in [2.75, 3.05) is 12.4 Å². The standard InChI is InChI=1S/C18H25N3OS/c1-6-17-19-12(2)18(23-17)13(3)21(5)11-15-9-7-8-10-16(15)20-14(4)22/h7-10,13H,6,11H2,1-5H3,(H,20,22). The fourth-order valence-corrected chi connectivity index (χ4v) is 3.70. The third-order valence-electron chi connectivity index (χ3n) is 3.97. The van der Waals surface area contributed by atoms with E-state index in [1.54, 1.807) is 11.3 Å². The van der Waals surface area contributed by atoms with Gasteiger partial charge in [-0.25, -0.2) is 4.98 Å². The predicted octanol–water partition coefficient (Wildman–Crippen LogP) is 4.17. The molecule has 5 heteroatoms. The second kappa shape index (κ2) is 7.70. The molecule has 0 radical (unpaired) electrons. The van der Waals surface area contributed by atoms with Gasteiger partial charge in [0.2, 0.25) is 5.91 Å². The molecule has 1 aromatic carbocycles. The fraction of sp³-hybridized carbons (Fsp3) is 0.444. The Labute approximate surface area is 142 Å². The molecule has 23 heavy (non-hydrogen) atoms. The van der Waals surface area contributed by atoms with Crippen molar-refractivity contribution in [3.05, 3.63) is 45.4 Å². The van der Waals surface area contributed by atoms with Gasteiger partial charge in [0.05, 0.1) is 10.7 Å². The van der Waals surface area contributed by atoms with E-state index in [-0.39, 0.29) is 11.9 Å². The minimum absolute atomic E-state index is 0.0426. The molecule has 0 aliphatic carbocycles. The molecule has 4 nitrogen and oxygen atoms in total.